The van der Waals surface area contributed by atoms with Crippen LogP contribution < -0.4 is 5.73 Å². The predicted molar refractivity (Wildman–Crippen MR) is 116 cm³/mol. The molecule has 178 valence electrons. The molecular weight excluding hydrogens is 454 g/mol. The minimum atomic E-state index is -3.81. The van der Waals surface area contributed by atoms with E-state index in [-0.39, 0.29) is 36.9 Å². The van der Waals surface area contributed by atoms with Gasteiger partial charge in [-0.25, -0.2) is 17.2 Å². The summed E-state index contributed by atoms with van der Waals surface area (Å²) in [7, 11) is -3.81. The summed E-state index contributed by atoms with van der Waals surface area (Å²) in [6.07, 6.45) is -0.869. The molecule has 2 aromatic carbocycles. The fraction of sp³-hybridized carbons (Fsp3) is 0.435. The number of sulfonamides is 1. The second kappa shape index (κ2) is 9.46. The summed E-state index contributed by atoms with van der Waals surface area (Å²) in [4.78, 5) is 11.8. The normalized spacial score (nSPS) is 24.2. The van der Waals surface area contributed by atoms with E-state index in [4.69, 9.17) is 15.2 Å². The first-order valence-corrected chi connectivity index (χ1v) is 12.2. The number of benzene rings is 2. The zero-order valence-corrected chi connectivity index (χ0v) is 18.9. The van der Waals surface area contributed by atoms with E-state index in [1.54, 1.807) is 37.3 Å². The first-order chi connectivity index (χ1) is 15.7. The van der Waals surface area contributed by atoms with Gasteiger partial charge in [0.25, 0.3) is 5.91 Å². The smallest absolute Gasteiger partial charge is 0.251 e. The number of halogens is 2. The van der Waals surface area contributed by atoms with Gasteiger partial charge in [-0.2, -0.15) is 4.31 Å². The first kappa shape index (κ1) is 23.7. The molecule has 0 bridgehead atoms. The Hall–Kier alpha value is -2.40. The Morgan fingerprint density at radius 3 is 2.48 bits per heavy atom. The largest absolute Gasteiger partial charge is 0.376 e. The lowest BCUT2D eigenvalue weighted by Gasteiger charge is -2.37. The van der Waals surface area contributed by atoms with Crippen molar-refractivity contribution in [3.05, 3.63) is 70.8 Å². The molecule has 0 aliphatic carbocycles. The Bertz CT molecular complexity index is 1130. The van der Waals surface area contributed by atoms with Gasteiger partial charge < -0.3 is 15.2 Å². The number of carbonyl (C=O) groups is 1. The molecule has 4 rings (SSSR count). The summed E-state index contributed by atoms with van der Waals surface area (Å²) < 4.78 is 68.4. The number of amides is 1. The van der Waals surface area contributed by atoms with Crippen molar-refractivity contribution in [1.82, 2.24) is 4.31 Å². The summed E-state index contributed by atoms with van der Waals surface area (Å²) in [6, 6.07) is 10.2. The molecule has 10 heteroatoms. The van der Waals surface area contributed by atoms with Crippen molar-refractivity contribution in [1.29, 1.82) is 0 Å². The number of ether oxygens (including phenoxy) is 2. The van der Waals surface area contributed by atoms with Gasteiger partial charge in [-0.3, -0.25) is 4.79 Å². The van der Waals surface area contributed by atoms with Gasteiger partial charge in [-0.15, -0.1) is 0 Å². The van der Waals surface area contributed by atoms with Crippen LogP contribution in [0.25, 0.3) is 0 Å². The van der Waals surface area contributed by atoms with Crippen LogP contribution in [0.5, 0.6) is 0 Å². The molecule has 0 aromatic heterocycles. The van der Waals surface area contributed by atoms with Gasteiger partial charge in [-0.1, -0.05) is 30.3 Å². The van der Waals surface area contributed by atoms with Gasteiger partial charge in [0, 0.05) is 23.7 Å². The summed E-state index contributed by atoms with van der Waals surface area (Å²) in [5, 5.41) is -0.751. The molecule has 0 spiro atoms. The van der Waals surface area contributed by atoms with E-state index in [0.717, 1.165) is 12.1 Å². The predicted octanol–water partition coefficient (Wildman–Crippen LogP) is 2.96. The van der Waals surface area contributed by atoms with Crippen LogP contribution in [0.2, 0.25) is 0 Å². The Balaban J connectivity index is 1.61. The van der Waals surface area contributed by atoms with E-state index in [2.05, 4.69) is 0 Å². The molecule has 3 atom stereocenters. The number of hydrogen-bond acceptors (Lipinski definition) is 5. The molecule has 2 fully saturated rings. The van der Waals surface area contributed by atoms with Gasteiger partial charge in [0.05, 0.1) is 13.2 Å². The highest BCUT2D eigenvalue weighted by atomic mass is 32.2. The Kier molecular flexibility index (Phi) is 6.81. The molecule has 2 aliphatic rings. The molecule has 1 unspecified atom stereocenters. The minimum Gasteiger partial charge on any atom is -0.376 e. The molecule has 2 aliphatic heterocycles. The number of carbonyl (C=O) groups excluding carboxylic acids is 1. The van der Waals surface area contributed by atoms with Crippen LogP contribution in [0, 0.1) is 11.6 Å². The average molecular weight is 481 g/mol. The Labute approximate surface area is 191 Å². The van der Waals surface area contributed by atoms with Crippen molar-refractivity contribution >= 4 is 15.9 Å². The first-order valence-electron chi connectivity index (χ1n) is 10.7. The summed E-state index contributed by atoms with van der Waals surface area (Å²) >= 11 is 0. The Morgan fingerprint density at radius 1 is 1.18 bits per heavy atom. The molecule has 33 heavy (non-hydrogen) atoms. The highest BCUT2D eigenvalue weighted by Crippen LogP contribution is 2.38. The highest BCUT2D eigenvalue weighted by Gasteiger charge is 2.41. The second-order valence-electron chi connectivity index (χ2n) is 8.46. The molecular formula is C23H26F2N2O5S. The monoisotopic (exact) mass is 480 g/mol. The summed E-state index contributed by atoms with van der Waals surface area (Å²) in [5.74, 6) is -2.68. The van der Waals surface area contributed by atoms with Crippen molar-refractivity contribution in [2.75, 3.05) is 13.2 Å². The van der Waals surface area contributed by atoms with E-state index in [1.807, 2.05) is 0 Å². The third-order valence-corrected chi connectivity index (χ3v) is 8.53. The lowest BCUT2D eigenvalue weighted by Crippen LogP contribution is -2.45. The van der Waals surface area contributed by atoms with E-state index in [1.165, 1.54) is 4.31 Å². The van der Waals surface area contributed by atoms with E-state index in [9.17, 15) is 17.6 Å². The zero-order chi connectivity index (χ0) is 23.8. The van der Waals surface area contributed by atoms with Gasteiger partial charge in [0.1, 0.15) is 23.0 Å². The van der Waals surface area contributed by atoms with Crippen molar-refractivity contribution in [2.24, 2.45) is 5.73 Å². The second-order valence-corrected chi connectivity index (χ2v) is 10.5. The number of hydrogen-bond donors (Lipinski definition) is 1. The van der Waals surface area contributed by atoms with E-state index in [0.29, 0.717) is 18.4 Å². The average Bonchev–Trinajstić information content (AvgIpc) is 2.73. The van der Waals surface area contributed by atoms with Crippen LogP contribution in [0.3, 0.4) is 0 Å². The van der Waals surface area contributed by atoms with Crippen molar-refractivity contribution in [2.45, 2.75) is 49.8 Å². The molecule has 2 N–H and O–H groups in total. The van der Waals surface area contributed by atoms with Crippen LogP contribution in [0.1, 0.15) is 47.8 Å². The number of nitrogens with two attached hydrogens (primary N) is 1. The zero-order valence-electron chi connectivity index (χ0n) is 18.1. The lowest BCUT2D eigenvalue weighted by molar-refractivity contribution is -0.167. The molecule has 2 aromatic rings. The van der Waals surface area contributed by atoms with Crippen molar-refractivity contribution in [3.63, 3.8) is 0 Å². The van der Waals surface area contributed by atoms with E-state index >= 15 is 4.39 Å². The van der Waals surface area contributed by atoms with Gasteiger partial charge in [0.2, 0.25) is 10.0 Å². The summed E-state index contributed by atoms with van der Waals surface area (Å²) in [5.41, 5.74) is 5.55. The molecule has 0 saturated carbocycles. The Morgan fingerprint density at radius 2 is 1.88 bits per heavy atom. The van der Waals surface area contributed by atoms with Crippen LogP contribution in [0.15, 0.2) is 42.5 Å². The fourth-order valence-corrected chi connectivity index (χ4v) is 6.41. The molecule has 2 heterocycles. The maximum absolute atomic E-state index is 15.0. The third kappa shape index (κ3) is 4.79. The van der Waals surface area contributed by atoms with Crippen molar-refractivity contribution < 1.29 is 31.5 Å². The number of primary amides is 1. The third-order valence-electron chi connectivity index (χ3n) is 6.16. The lowest BCUT2D eigenvalue weighted by atomic mass is 10.0. The van der Waals surface area contributed by atoms with Crippen LogP contribution in [0.4, 0.5) is 8.78 Å². The fourth-order valence-electron chi connectivity index (χ4n) is 4.22. The quantitative estimate of drug-likeness (QED) is 0.657. The maximum Gasteiger partial charge on any atom is 0.251 e. The van der Waals surface area contributed by atoms with Gasteiger partial charge >= 0.3 is 0 Å². The standard InChI is InChI=1S/C23H26F2N2O5S/c1-14-7-8-21(15-5-3-2-4-6-15)33(29,30)27(14)11-16-9-20(25)18(10-19(16)24)22(23(26)28)32-17-12-31-13-17/h2-6,9-10,14,17,21-22H,7-8,11-13H2,1H3,(H2,26,28)/t14-,21+,22?/m0/s1. The number of rotatable bonds is 7. The van der Waals surface area contributed by atoms with Gasteiger partial charge in [-0.05, 0) is 37.5 Å². The van der Waals surface area contributed by atoms with Crippen LogP contribution in [-0.4, -0.2) is 44.0 Å². The SMILES string of the molecule is C[C@H]1CC[C@H](c2ccccc2)S(=O)(=O)N1Cc1cc(F)c(C(OC2COC2)C(N)=O)cc1F. The topological polar surface area (TPSA) is 98.9 Å². The molecule has 7 nitrogen and oxygen atoms in total. The van der Waals surface area contributed by atoms with E-state index < -0.39 is 45.0 Å². The van der Waals surface area contributed by atoms with Crippen LogP contribution in [-0.2, 0) is 30.8 Å². The minimum absolute atomic E-state index is 0.129. The van der Waals surface area contributed by atoms with Crippen LogP contribution >= 0.6 is 0 Å². The van der Waals surface area contributed by atoms with Gasteiger partial charge in [0.15, 0.2) is 6.10 Å². The number of nitrogens with zero attached hydrogens (tertiary/aromatic N) is 1. The maximum atomic E-state index is 15.0. The molecule has 0 radical (unpaired) electrons. The highest BCUT2D eigenvalue weighted by molar-refractivity contribution is 7.89. The van der Waals surface area contributed by atoms with Crippen molar-refractivity contribution in [3.8, 4) is 0 Å². The summed E-state index contributed by atoms with van der Waals surface area (Å²) in [6.45, 7) is 1.89. The molecule has 1 amide bonds. The molecule has 2 saturated heterocycles.